The molecule has 3 aliphatic rings. The summed E-state index contributed by atoms with van der Waals surface area (Å²) in [4.78, 5) is 2.52. The van der Waals surface area contributed by atoms with Crippen LogP contribution in [0.5, 0.6) is 0 Å². The highest BCUT2D eigenvalue weighted by molar-refractivity contribution is 6.01. The largest absolute Gasteiger partial charge is 0.310 e. The fourth-order valence-corrected chi connectivity index (χ4v) is 10.9. The molecule has 1 heteroatoms. The number of fused-ring (bicyclic) bond motifs is 14. The van der Waals surface area contributed by atoms with E-state index in [1.165, 1.54) is 94.3 Å². The van der Waals surface area contributed by atoms with E-state index in [0.717, 1.165) is 11.4 Å². The van der Waals surface area contributed by atoms with Crippen LogP contribution < -0.4 is 4.90 Å². The Morgan fingerprint density at radius 1 is 0.351 bits per heavy atom. The molecule has 0 radical (unpaired) electrons. The van der Waals surface area contributed by atoms with Gasteiger partial charge in [0, 0.05) is 22.4 Å². The van der Waals surface area contributed by atoms with Crippen LogP contribution in [-0.4, -0.2) is 0 Å². The molecule has 0 amide bonds. The van der Waals surface area contributed by atoms with E-state index in [0.29, 0.717) is 0 Å². The van der Waals surface area contributed by atoms with E-state index in [9.17, 15) is 0 Å². The molecule has 1 nitrogen and oxygen atoms in total. The first kappa shape index (κ1) is 32.3. The van der Waals surface area contributed by atoms with Crippen LogP contribution in [0.15, 0.2) is 200 Å². The fourth-order valence-electron chi connectivity index (χ4n) is 10.9. The maximum atomic E-state index is 2.52. The molecule has 0 aromatic heterocycles. The summed E-state index contributed by atoms with van der Waals surface area (Å²) in [6.45, 7) is 4.74. The molecule has 0 heterocycles. The molecular weight excluding hydrogens is 687 g/mol. The van der Waals surface area contributed by atoms with Crippen LogP contribution >= 0.6 is 0 Å². The highest BCUT2D eigenvalue weighted by Crippen LogP contribution is 2.63. The van der Waals surface area contributed by atoms with Crippen molar-refractivity contribution in [2.75, 3.05) is 4.90 Å². The summed E-state index contributed by atoms with van der Waals surface area (Å²) >= 11 is 0. The molecule has 0 saturated carbocycles. The Kier molecular flexibility index (Phi) is 6.67. The summed E-state index contributed by atoms with van der Waals surface area (Å²) in [5.41, 5.74) is 21.4. The molecule has 0 atom stereocenters. The lowest BCUT2D eigenvalue weighted by molar-refractivity contribution is 0.660. The Bertz CT molecular complexity index is 3080. The quantitative estimate of drug-likeness (QED) is 0.175. The molecule has 12 rings (SSSR count). The van der Waals surface area contributed by atoms with Crippen LogP contribution in [0, 0.1) is 0 Å². The molecule has 3 aliphatic carbocycles. The van der Waals surface area contributed by atoms with E-state index in [2.05, 4.69) is 219 Å². The van der Waals surface area contributed by atoms with Crippen molar-refractivity contribution in [2.24, 2.45) is 0 Å². The Labute approximate surface area is 334 Å². The summed E-state index contributed by atoms with van der Waals surface area (Å²) in [5, 5.41) is 2.51. The third kappa shape index (κ3) is 4.29. The first-order valence-corrected chi connectivity index (χ1v) is 20.1. The maximum absolute atomic E-state index is 2.52. The van der Waals surface area contributed by atoms with Crippen molar-refractivity contribution in [1.29, 1.82) is 0 Å². The van der Waals surface area contributed by atoms with Crippen molar-refractivity contribution in [1.82, 2.24) is 0 Å². The Hall–Kier alpha value is -6.96. The zero-order chi connectivity index (χ0) is 37.9. The zero-order valence-corrected chi connectivity index (χ0v) is 32.0. The van der Waals surface area contributed by atoms with Crippen molar-refractivity contribution in [3.05, 3.63) is 234 Å². The topological polar surface area (TPSA) is 3.24 Å². The molecule has 9 aromatic rings. The number of hydrogen-bond acceptors (Lipinski definition) is 1. The van der Waals surface area contributed by atoms with Gasteiger partial charge in [-0.2, -0.15) is 0 Å². The standard InChI is InChI=1S/C56H39N/c1-55(2)47-26-9-8-24-45(47)54-52(55)30-15-31-53(54)57(38-19-13-18-37(34-38)41-25-14-17-36-16-3-4-20-40(36)41)39-32-33-51-46(35-39)44-23-7-12-29-50(44)56(51)48-27-10-5-21-42(48)43-22-6-11-28-49(43)56/h3-35H,1-2H3. The van der Waals surface area contributed by atoms with Gasteiger partial charge < -0.3 is 4.90 Å². The minimum Gasteiger partial charge on any atom is -0.310 e. The van der Waals surface area contributed by atoms with E-state index in [-0.39, 0.29) is 10.8 Å². The normalized spacial score (nSPS) is 14.4. The smallest absolute Gasteiger partial charge is 0.0725 e. The SMILES string of the molecule is CC1(C)c2ccccc2-c2c(N(c3cccc(-c4cccc5ccccc45)c3)c3ccc4c(c3)-c3ccccc3C43c4ccccc4-c4ccccc43)cccc21. The fraction of sp³-hybridized carbons (Fsp3) is 0.0714. The van der Waals surface area contributed by atoms with E-state index < -0.39 is 0 Å². The number of rotatable bonds is 4. The van der Waals surface area contributed by atoms with Crippen molar-refractivity contribution < 1.29 is 0 Å². The maximum Gasteiger partial charge on any atom is 0.0725 e. The second-order valence-electron chi connectivity index (χ2n) is 16.4. The van der Waals surface area contributed by atoms with Crippen LogP contribution in [0.25, 0.3) is 55.3 Å². The van der Waals surface area contributed by atoms with Gasteiger partial charge in [0.25, 0.3) is 0 Å². The van der Waals surface area contributed by atoms with Gasteiger partial charge in [0.2, 0.25) is 0 Å². The molecule has 0 fully saturated rings. The van der Waals surface area contributed by atoms with E-state index in [4.69, 9.17) is 0 Å². The number of hydrogen-bond donors (Lipinski definition) is 0. The van der Waals surface area contributed by atoms with E-state index >= 15 is 0 Å². The molecule has 0 saturated heterocycles. The van der Waals surface area contributed by atoms with Crippen molar-refractivity contribution in [3.8, 4) is 44.5 Å². The predicted octanol–water partition coefficient (Wildman–Crippen LogP) is 14.6. The second-order valence-corrected chi connectivity index (χ2v) is 16.4. The molecule has 0 unspecified atom stereocenters. The number of anilines is 3. The number of nitrogens with zero attached hydrogens (tertiary/aromatic N) is 1. The molecule has 9 aromatic carbocycles. The zero-order valence-electron chi connectivity index (χ0n) is 32.0. The Balaban J connectivity index is 1.13. The van der Waals surface area contributed by atoms with Gasteiger partial charge in [0.05, 0.1) is 11.1 Å². The lowest BCUT2D eigenvalue weighted by atomic mass is 9.70. The third-order valence-electron chi connectivity index (χ3n) is 13.3. The summed E-state index contributed by atoms with van der Waals surface area (Å²) < 4.78 is 0. The summed E-state index contributed by atoms with van der Waals surface area (Å²) in [5.74, 6) is 0. The van der Waals surface area contributed by atoms with Crippen LogP contribution in [0.4, 0.5) is 17.1 Å². The van der Waals surface area contributed by atoms with Crippen LogP contribution in [0.3, 0.4) is 0 Å². The van der Waals surface area contributed by atoms with Crippen molar-refractivity contribution in [3.63, 3.8) is 0 Å². The van der Waals surface area contributed by atoms with Gasteiger partial charge in [0.1, 0.15) is 0 Å². The Morgan fingerprint density at radius 3 is 1.60 bits per heavy atom. The molecule has 0 bridgehead atoms. The van der Waals surface area contributed by atoms with Gasteiger partial charge in [0.15, 0.2) is 0 Å². The van der Waals surface area contributed by atoms with E-state index in [1.54, 1.807) is 0 Å². The first-order chi connectivity index (χ1) is 28.0. The van der Waals surface area contributed by atoms with Gasteiger partial charge >= 0.3 is 0 Å². The summed E-state index contributed by atoms with van der Waals surface area (Å²) in [7, 11) is 0. The molecule has 1 spiro atoms. The number of benzene rings is 9. The lowest BCUT2D eigenvalue weighted by Crippen LogP contribution is -2.25. The second kappa shape index (κ2) is 11.8. The molecule has 57 heavy (non-hydrogen) atoms. The van der Waals surface area contributed by atoms with Crippen molar-refractivity contribution in [2.45, 2.75) is 24.7 Å². The average Bonchev–Trinajstić information content (AvgIpc) is 3.82. The molecule has 0 N–H and O–H groups in total. The minimum absolute atomic E-state index is 0.120. The highest BCUT2D eigenvalue weighted by Gasteiger charge is 2.51. The van der Waals surface area contributed by atoms with Crippen LogP contribution in [-0.2, 0) is 10.8 Å². The molecular formula is C56H39N. The first-order valence-electron chi connectivity index (χ1n) is 20.1. The van der Waals surface area contributed by atoms with Crippen molar-refractivity contribution >= 4 is 27.8 Å². The highest BCUT2D eigenvalue weighted by atomic mass is 15.1. The van der Waals surface area contributed by atoms with Gasteiger partial charge in [-0.3, -0.25) is 0 Å². The van der Waals surface area contributed by atoms with Gasteiger partial charge in [-0.25, -0.2) is 0 Å². The van der Waals surface area contributed by atoms with Gasteiger partial charge in [-0.1, -0.05) is 184 Å². The summed E-state index contributed by atoms with van der Waals surface area (Å²) in [6, 6.07) is 74.9. The average molecular weight is 726 g/mol. The lowest BCUT2D eigenvalue weighted by Gasteiger charge is -2.32. The minimum atomic E-state index is -0.381. The monoisotopic (exact) mass is 725 g/mol. The Morgan fingerprint density at radius 2 is 0.860 bits per heavy atom. The summed E-state index contributed by atoms with van der Waals surface area (Å²) in [6.07, 6.45) is 0. The predicted molar refractivity (Wildman–Crippen MR) is 238 cm³/mol. The van der Waals surface area contributed by atoms with Crippen LogP contribution in [0.2, 0.25) is 0 Å². The van der Waals surface area contributed by atoms with Gasteiger partial charge in [-0.05, 0) is 113 Å². The van der Waals surface area contributed by atoms with Gasteiger partial charge in [-0.15, -0.1) is 0 Å². The molecule has 268 valence electrons. The molecule has 0 aliphatic heterocycles. The van der Waals surface area contributed by atoms with Crippen LogP contribution in [0.1, 0.15) is 47.2 Å². The third-order valence-corrected chi connectivity index (χ3v) is 13.3. The van der Waals surface area contributed by atoms with E-state index in [1.807, 2.05) is 0 Å².